The summed E-state index contributed by atoms with van der Waals surface area (Å²) in [7, 11) is 0. The fourth-order valence-electron chi connectivity index (χ4n) is 3.25. The van der Waals surface area contributed by atoms with E-state index in [0.717, 1.165) is 26.2 Å². The lowest BCUT2D eigenvalue weighted by atomic mass is 10.3. The Morgan fingerprint density at radius 3 is 2.44 bits per heavy atom. The van der Waals surface area contributed by atoms with Crippen LogP contribution in [-0.4, -0.2) is 89.8 Å². The van der Waals surface area contributed by atoms with Gasteiger partial charge in [-0.25, -0.2) is 0 Å². The molecule has 4 rings (SSSR count). The van der Waals surface area contributed by atoms with Gasteiger partial charge in [0.1, 0.15) is 0 Å². The molecule has 0 N–H and O–H groups in total. The summed E-state index contributed by atoms with van der Waals surface area (Å²) >= 11 is 3.26. The fourth-order valence-corrected chi connectivity index (χ4v) is 3.55. The van der Waals surface area contributed by atoms with Crippen LogP contribution in [0.5, 0.6) is 0 Å². The van der Waals surface area contributed by atoms with Crippen LogP contribution in [0.2, 0.25) is 0 Å². The molecule has 27 heavy (non-hydrogen) atoms. The molecule has 0 aromatic carbocycles. The van der Waals surface area contributed by atoms with Gasteiger partial charge in [0.05, 0.1) is 26.3 Å². The van der Waals surface area contributed by atoms with Gasteiger partial charge in [0.15, 0.2) is 10.4 Å². The summed E-state index contributed by atoms with van der Waals surface area (Å²) in [6, 6.07) is 3.57. The van der Waals surface area contributed by atoms with Crippen molar-refractivity contribution in [3.8, 4) is 11.7 Å². The molecule has 0 radical (unpaired) electrons. The summed E-state index contributed by atoms with van der Waals surface area (Å²) in [5.41, 5.74) is 0. The quantitative estimate of drug-likeness (QED) is 0.683. The van der Waals surface area contributed by atoms with Crippen molar-refractivity contribution in [1.82, 2.24) is 24.9 Å². The van der Waals surface area contributed by atoms with E-state index >= 15 is 0 Å². The Labute approximate surface area is 165 Å². The molecule has 2 saturated heterocycles. The summed E-state index contributed by atoms with van der Waals surface area (Å²) < 4.78 is 17.0. The topological polar surface area (TPSA) is 88.1 Å². The highest BCUT2D eigenvalue weighted by Crippen LogP contribution is 2.24. The number of aromatic nitrogens is 2. The van der Waals surface area contributed by atoms with E-state index in [1.54, 1.807) is 12.1 Å². The number of ether oxygens (including phenoxy) is 1. The predicted molar refractivity (Wildman–Crippen MR) is 98.8 cm³/mol. The van der Waals surface area contributed by atoms with Crippen LogP contribution in [0.15, 0.2) is 25.6 Å². The number of carbonyl (C=O) groups is 1. The smallest absolute Gasteiger partial charge is 0.283 e. The normalized spacial score (nSPS) is 19.5. The molecule has 2 aromatic heterocycles. The maximum absolute atomic E-state index is 12.3. The minimum atomic E-state index is 0.193. The first-order valence-corrected chi connectivity index (χ1v) is 9.85. The van der Waals surface area contributed by atoms with Crippen LogP contribution in [0.25, 0.3) is 11.7 Å². The van der Waals surface area contributed by atoms with Crippen LogP contribution in [0.3, 0.4) is 0 Å². The van der Waals surface area contributed by atoms with E-state index in [4.69, 9.17) is 13.6 Å². The van der Waals surface area contributed by atoms with E-state index in [0.29, 0.717) is 61.6 Å². The lowest BCUT2D eigenvalue weighted by molar-refractivity contribution is -0.136. The number of hydrogen-bond acceptors (Lipinski definition) is 8. The zero-order valence-electron chi connectivity index (χ0n) is 15.0. The fraction of sp³-hybridized carbons (Fsp3) is 0.588. The standard InChI is InChI=1S/C17H22BrN5O4/c18-14-2-1-13(26-14)17-20-19-15(27-17)11-21-3-5-22(6-4-21)12-16(24)23-7-9-25-10-8-23/h1-2H,3-12H2. The van der Waals surface area contributed by atoms with Gasteiger partial charge in [0, 0.05) is 39.3 Å². The average Bonchev–Trinajstić information content (AvgIpc) is 3.33. The van der Waals surface area contributed by atoms with E-state index in [1.165, 1.54) is 0 Å². The molecule has 1 amide bonds. The van der Waals surface area contributed by atoms with E-state index in [2.05, 4.69) is 35.9 Å². The van der Waals surface area contributed by atoms with Gasteiger partial charge in [0.2, 0.25) is 11.8 Å². The molecule has 2 fully saturated rings. The number of piperazine rings is 1. The van der Waals surface area contributed by atoms with Crippen LogP contribution in [0.4, 0.5) is 0 Å². The summed E-state index contributed by atoms with van der Waals surface area (Å²) in [5.74, 6) is 1.69. The molecule has 0 unspecified atom stereocenters. The molecule has 2 aromatic rings. The average molecular weight is 440 g/mol. The maximum atomic E-state index is 12.3. The monoisotopic (exact) mass is 439 g/mol. The van der Waals surface area contributed by atoms with Gasteiger partial charge in [-0.2, -0.15) is 0 Å². The number of morpholine rings is 1. The first-order chi connectivity index (χ1) is 13.2. The van der Waals surface area contributed by atoms with Gasteiger partial charge < -0.3 is 18.5 Å². The van der Waals surface area contributed by atoms with Crippen LogP contribution >= 0.6 is 15.9 Å². The zero-order chi connectivity index (χ0) is 18.6. The first kappa shape index (κ1) is 18.6. The number of halogens is 1. The summed E-state index contributed by atoms with van der Waals surface area (Å²) in [5, 5.41) is 8.15. The van der Waals surface area contributed by atoms with Crippen molar-refractivity contribution in [2.75, 3.05) is 59.0 Å². The number of amides is 1. The summed E-state index contributed by atoms with van der Waals surface area (Å²) in [6.07, 6.45) is 0. The van der Waals surface area contributed by atoms with Crippen molar-refractivity contribution >= 4 is 21.8 Å². The van der Waals surface area contributed by atoms with Crippen LogP contribution in [0.1, 0.15) is 5.89 Å². The minimum absolute atomic E-state index is 0.193. The number of rotatable bonds is 5. The lowest BCUT2D eigenvalue weighted by Crippen LogP contribution is -2.51. The minimum Gasteiger partial charge on any atom is -0.444 e. The number of nitrogens with zero attached hydrogens (tertiary/aromatic N) is 5. The van der Waals surface area contributed by atoms with E-state index in [1.807, 2.05) is 4.90 Å². The molecule has 2 aliphatic rings. The van der Waals surface area contributed by atoms with Crippen LogP contribution in [0, 0.1) is 0 Å². The molecule has 4 heterocycles. The second-order valence-electron chi connectivity index (χ2n) is 6.65. The molecule has 0 aliphatic carbocycles. The number of carbonyl (C=O) groups excluding carboxylic acids is 1. The zero-order valence-corrected chi connectivity index (χ0v) is 16.6. The Morgan fingerprint density at radius 1 is 1.00 bits per heavy atom. The molecule has 0 atom stereocenters. The highest BCUT2D eigenvalue weighted by molar-refractivity contribution is 9.10. The van der Waals surface area contributed by atoms with Gasteiger partial charge in [-0.1, -0.05) is 0 Å². The lowest BCUT2D eigenvalue weighted by Gasteiger charge is -2.35. The Morgan fingerprint density at radius 2 is 1.74 bits per heavy atom. The molecule has 0 spiro atoms. The Bertz CT molecular complexity index is 765. The molecule has 0 bridgehead atoms. The Kier molecular flexibility index (Phi) is 5.86. The van der Waals surface area contributed by atoms with Crippen molar-refractivity contribution in [2.24, 2.45) is 0 Å². The molecule has 146 valence electrons. The Hall–Kier alpha value is -1.75. The van der Waals surface area contributed by atoms with Gasteiger partial charge in [0.25, 0.3) is 5.89 Å². The molecular formula is C17H22BrN5O4. The van der Waals surface area contributed by atoms with Gasteiger partial charge in [-0.3, -0.25) is 14.6 Å². The SMILES string of the molecule is O=C(CN1CCN(Cc2nnc(-c3ccc(Br)o3)o2)CC1)N1CCOCC1. The molecular weight excluding hydrogens is 418 g/mol. The van der Waals surface area contributed by atoms with Crippen LogP contribution in [-0.2, 0) is 16.1 Å². The number of hydrogen-bond donors (Lipinski definition) is 0. The largest absolute Gasteiger partial charge is 0.444 e. The van der Waals surface area contributed by atoms with E-state index < -0.39 is 0 Å². The molecule has 2 aliphatic heterocycles. The van der Waals surface area contributed by atoms with E-state index in [9.17, 15) is 4.79 Å². The van der Waals surface area contributed by atoms with Gasteiger partial charge >= 0.3 is 0 Å². The summed E-state index contributed by atoms with van der Waals surface area (Å²) in [6.45, 7) is 7.17. The van der Waals surface area contributed by atoms with E-state index in [-0.39, 0.29) is 5.91 Å². The van der Waals surface area contributed by atoms with Crippen LogP contribution < -0.4 is 0 Å². The maximum Gasteiger partial charge on any atom is 0.283 e. The molecule has 9 nitrogen and oxygen atoms in total. The van der Waals surface area contributed by atoms with Gasteiger partial charge in [-0.15, -0.1) is 10.2 Å². The van der Waals surface area contributed by atoms with Crippen molar-refractivity contribution in [2.45, 2.75) is 6.54 Å². The highest BCUT2D eigenvalue weighted by Gasteiger charge is 2.24. The third-order valence-corrected chi connectivity index (χ3v) is 5.22. The highest BCUT2D eigenvalue weighted by atomic mass is 79.9. The molecule has 10 heteroatoms. The third-order valence-electron chi connectivity index (χ3n) is 4.80. The predicted octanol–water partition coefficient (Wildman–Crippen LogP) is 1.07. The molecule has 0 saturated carbocycles. The van der Waals surface area contributed by atoms with Gasteiger partial charge in [-0.05, 0) is 28.1 Å². The van der Waals surface area contributed by atoms with Crippen molar-refractivity contribution < 1.29 is 18.4 Å². The third kappa shape index (κ3) is 4.75. The first-order valence-electron chi connectivity index (χ1n) is 9.06. The second kappa shape index (κ2) is 8.51. The summed E-state index contributed by atoms with van der Waals surface area (Å²) in [4.78, 5) is 18.7. The second-order valence-corrected chi connectivity index (χ2v) is 7.43. The van der Waals surface area contributed by atoms with Crippen molar-refractivity contribution in [1.29, 1.82) is 0 Å². The van der Waals surface area contributed by atoms with Crippen molar-refractivity contribution in [3.05, 3.63) is 22.7 Å². The Balaban J connectivity index is 1.24. The van der Waals surface area contributed by atoms with Crippen molar-refractivity contribution in [3.63, 3.8) is 0 Å². The number of furan rings is 1.